The van der Waals surface area contributed by atoms with E-state index in [0.717, 1.165) is 63.3 Å². The molecule has 0 saturated carbocycles. The number of aryl methyl sites for hydroxylation is 1. The van der Waals surface area contributed by atoms with Gasteiger partial charge in [0.1, 0.15) is 17.5 Å². The van der Waals surface area contributed by atoms with Crippen molar-refractivity contribution >= 4 is 17.5 Å². The van der Waals surface area contributed by atoms with Gasteiger partial charge in [0.2, 0.25) is 0 Å². The molecular weight excluding hydrogens is 418 g/mol. The number of hydrogen-bond donors (Lipinski definition) is 0. The highest BCUT2D eigenvalue weighted by Gasteiger charge is 2.47. The van der Waals surface area contributed by atoms with Crippen LogP contribution < -0.4 is 14.5 Å². The highest BCUT2D eigenvalue weighted by Crippen LogP contribution is 2.37. The molecule has 8 heteroatoms. The molecule has 3 saturated heterocycles. The Bertz CT molecular complexity index is 957. The van der Waals surface area contributed by atoms with Crippen molar-refractivity contribution in [3.05, 3.63) is 36.7 Å². The lowest BCUT2D eigenvalue weighted by molar-refractivity contribution is 0.0367. The Hall–Kier alpha value is -2.74. The van der Waals surface area contributed by atoms with E-state index in [0.29, 0.717) is 18.7 Å². The average molecular weight is 454 g/mol. The summed E-state index contributed by atoms with van der Waals surface area (Å²) >= 11 is 0. The van der Waals surface area contributed by atoms with Crippen LogP contribution >= 0.6 is 0 Å². The molecule has 0 unspecified atom stereocenters. The second-order valence-electron chi connectivity index (χ2n) is 9.94. The number of carbonyl (C=O) groups excluding carboxylic acids is 1. The van der Waals surface area contributed by atoms with Crippen LogP contribution in [0.15, 0.2) is 36.7 Å². The van der Waals surface area contributed by atoms with Crippen LogP contribution in [0.25, 0.3) is 0 Å². The molecule has 0 radical (unpaired) electrons. The van der Waals surface area contributed by atoms with Gasteiger partial charge >= 0.3 is 6.09 Å². The van der Waals surface area contributed by atoms with Crippen molar-refractivity contribution in [1.82, 2.24) is 14.7 Å². The van der Waals surface area contributed by atoms with Crippen molar-refractivity contribution in [1.29, 1.82) is 0 Å². The predicted molar refractivity (Wildman–Crippen MR) is 128 cm³/mol. The number of hydrogen-bond acceptors (Lipinski definition) is 6. The zero-order valence-electron chi connectivity index (χ0n) is 19.9. The molecule has 3 aliphatic rings. The van der Waals surface area contributed by atoms with Crippen molar-refractivity contribution in [2.45, 2.75) is 57.3 Å². The normalized spacial score (nSPS) is 21.8. The first kappa shape index (κ1) is 22.1. The topological polar surface area (TPSA) is 63.1 Å². The van der Waals surface area contributed by atoms with E-state index in [1.807, 2.05) is 13.2 Å². The minimum atomic E-state index is -0.405. The number of anilines is 2. The van der Waals surface area contributed by atoms with Crippen molar-refractivity contribution in [3.8, 4) is 5.75 Å². The SMILES string of the molecule is CC(C)N1CCC(Oc2ccc(N3CCC4(CC3)CN(c3cnn(C)c3)C(=O)O4)cc2)CC1. The lowest BCUT2D eigenvalue weighted by Gasteiger charge is -2.38. The smallest absolute Gasteiger partial charge is 0.415 e. The molecule has 8 nitrogen and oxygen atoms in total. The fourth-order valence-corrected chi connectivity index (χ4v) is 5.24. The molecule has 1 amide bonds. The van der Waals surface area contributed by atoms with Crippen molar-refractivity contribution in [3.63, 3.8) is 0 Å². The van der Waals surface area contributed by atoms with Gasteiger partial charge in [-0.1, -0.05) is 0 Å². The van der Waals surface area contributed by atoms with Crippen molar-refractivity contribution in [2.75, 3.05) is 42.5 Å². The van der Waals surface area contributed by atoms with Gasteiger partial charge in [0.05, 0.1) is 18.4 Å². The van der Waals surface area contributed by atoms with Crippen LogP contribution in [0.1, 0.15) is 39.5 Å². The first-order valence-corrected chi connectivity index (χ1v) is 12.2. The molecule has 0 atom stereocenters. The maximum Gasteiger partial charge on any atom is 0.415 e. The largest absolute Gasteiger partial charge is 0.490 e. The number of carbonyl (C=O) groups is 1. The molecule has 3 fully saturated rings. The molecule has 1 aromatic heterocycles. The first-order valence-electron chi connectivity index (χ1n) is 12.2. The van der Waals surface area contributed by atoms with Crippen LogP contribution in [-0.2, 0) is 11.8 Å². The van der Waals surface area contributed by atoms with Crippen LogP contribution in [0.4, 0.5) is 16.2 Å². The summed E-state index contributed by atoms with van der Waals surface area (Å²) in [5.41, 5.74) is 1.59. The number of aromatic nitrogens is 2. The number of nitrogens with zero attached hydrogens (tertiary/aromatic N) is 5. The minimum absolute atomic E-state index is 0.267. The summed E-state index contributed by atoms with van der Waals surface area (Å²) < 4.78 is 13.8. The minimum Gasteiger partial charge on any atom is -0.490 e. The lowest BCUT2D eigenvalue weighted by atomic mass is 9.91. The van der Waals surface area contributed by atoms with Crippen LogP contribution in [0.2, 0.25) is 0 Å². The fraction of sp³-hybridized carbons (Fsp3) is 0.600. The van der Waals surface area contributed by atoms with E-state index < -0.39 is 5.60 Å². The molecule has 0 bridgehead atoms. The van der Waals surface area contributed by atoms with E-state index >= 15 is 0 Å². The third kappa shape index (κ3) is 4.67. The molecule has 2 aromatic rings. The van der Waals surface area contributed by atoms with Gasteiger partial charge in [-0.3, -0.25) is 9.58 Å². The van der Waals surface area contributed by atoms with Gasteiger partial charge in [-0.2, -0.15) is 5.10 Å². The van der Waals surface area contributed by atoms with Gasteiger partial charge in [0.25, 0.3) is 0 Å². The van der Waals surface area contributed by atoms with Crippen LogP contribution in [0.3, 0.4) is 0 Å². The third-order valence-electron chi connectivity index (χ3n) is 7.36. The van der Waals surface area contributed by atoms with Gasteiger partial charge in [-0.05, 0) is 51.0 Å². The number of piperidine rings is 2. The molecule has 3 aliphatic heterocycles. The summed E-state index contributed by atoms with van der Waals surface area (Å²) in [5, 5.41) is 4.18. The van der Waals surface area contributed by atoms with Crippen molar-refractivity contribution < 1.29 is 14.3 Å². The summed E-state index contributed by atoms with van der Waals surface area (Å²) in [7, 11) is 1.85. The number of ether oxygens (including phenoxy) is 2. The van der Waals surface area contributed by atoms with Crippen LogP contribution in [0.5, 0.6) is 5.75 Å². The number of amides is 1. The van der Waals surface area contributed by atoms with Gasteiger partial charge in [0, 0.05) is 64.0 Å². The van der Waals surface area contributed by atoms with Gasteiger partial charge in [-0.25, -0.2) is 4.79 Å². The Kier molecular flexibility index (Phi) is 5.95. The van der Waals surface area contributed by atoms with Gasteiger partial charge < -0.3 is 19.3 Å². The number of rotatable bonds is 5. The van der Waals surface area contributed by atoms with E-state index in [9.17, 15) is 4.79 Å². The van der Waals surface area contributed by atoms with Gasteiger partial charge in [0.15, 0.2) is 0 Å². The Balaban J connectivity index is 1.14. The standard InChI is InChI=1S/C25H35N5O3/c1-19(2)28-12-8-23(9-13-28)32-22-6-4-20(5-7-22)29-14-10-25(11-15-29)18-30(24(31)33-25)21-16-26-27(3)17-21/h4-7,16-17,19,23H,8-15,18H2,1-3H3. The maximum absolute atomic E-state index is 12.5. The molecule has 1 aromatic carbocycles. The molecule has 178 valence electrons. The summed E-state index contributed by atoms with van der Waals surface area (Å²) in [6.07, 6.45) is 7.42. The summed E-state index contributed by atoms with van der Waals surface area (Å²) in [6.45, 7) is 9.06. The Morgan fingerprint density at radius 1 is 1.06 bits per heavy atom. The van der Waals surface area contributed by atoms with E-state index in [2.05, 4.69) is 53.0 Å². The summed E-state index contributed by atoms with van der Waals surface area (Å²) in [4.78, 5) is 19.1. The monoisotopic (exact) mass is 453 g/mol. The third-order valence-corrected chi connectivity index (χ3v) is 7.36. The Morgan fingerprint density at radius 3 is 2.36 bits per heavy atom. The van der Waals surface area contributed by atoms with Crippen molar-refractivity contribution in [2.24, 2.45) is 7.05 Å². The second kappa shape index (κ2) is 8.89. The highest BCUT2D eigenvalue weighted by molar-refractivity contribution is 5.90. The maximum atomic E-state index is 12.5. The quantitative estimate of drug-likeness (QED) is 0.689. The molecule has 5 rings (SSSR count). The molecular formula is C25H35N5O3. The Labute approximate surface area is 196 Å². The molecule has 1 spiro atoms. The molecule has 33 heavy (non-hydrogen) atoms. The fourth-order valence-electron chi connectivity index (χ4n) is 5.24. The van der Waals surface area contributed by atoms with E-state index in [1.54, 1.807) is 15.8 Å². The lowest BCUT2D eigenvalue weighted by Crippen LogP contribution is -2.47. The van der Waals surface area contributed by atoms with Crippen LogP contribution in [-0.4, -0.2) is 71.2 Å². The number of likely N-dealkylation sites (tertiary alicyclic amines) is 1. The summed E-state index contributed by atoms with van der Waals surface area (Å²) in [6, 6.07) is 9.10. The number of benzene rings is 1. The Morgan fingerprint density at radius 2 is 1.76 bits per heavy atom. The van der Waals surface area contributed by atoms with E-state index in [1.165, 1.54) is 5.69 Å². The molecule has 0 aliphatic carbocycles. The second-order valence-corrected chi connectivity index (χ2v) is 9.94. The van der Waals surface area contributed by atoms with Crippen LogP contribution in [0, 0.1) is 0 Å². The zero-order chi connectivity index (χ0) is 23.0. The first-order chi connectivity index (χ1) is 15.9. The average Bonchev–Trinajstić information content (AvgIpc) is 3.38. The van der Waals surface area contributed by atoms with Gasteiger partial charge in [-0.15, -0.1) is 0 Å². The predicted octanol–water partition coefficient (Wildman–Crippen LogP) is 3.67. The van der Waals surface area contributed by atoms with E-state index in [4.69, 9.17) is 9.47 Å². The summed E-state index contributed by atoms with van der Waals surface area (Å²) in [5.74, 6) is 0.951. The zero-order valence-corrected chi connectivity index (χ0v) is 19.9. The molecule has 0 N–H and O–H groups in total. The highest BCUT2D eigenvalue weighted by atomic mass is 16.6. The van der Waals surface area contributed by atoms with E-state index in [-0.39, 0.29) is 6.09 Å². The molecule has 4 heterocycles.